The van der Waals surface area contributed by atoms with E-state index in [-0.39, 0.29) is 12.3 Å². The molecule has 10 heteroatoms. The third-order valence-corrected chi connectivity index (χ3v) is 4.21. The van der Waals surface area contributed by atoms with Gasteiger partial charge >= 0.3 is 19.0 Å². The second kappa shape index (κ2) is 11.7. The molecule has 1 unspecified atom stereocenters. The molecule has 0 radical (unpaired) electrons. The molecule has 0 heterocycles. The van der Waals surface area contributed by atoms with E-state index in [9.17, 15) is 24.4 Å². The molecule has 1 aromatic carbocycles. The Balaban J connectivity index is 3.03. The highest BCUT2D eigenvalue weighted by Crippen LogP contribution is 2.22. The van der Waals surface area contributed by atoms with Gasteiger partial charge in [0.1, 0.15) is 11.4 Å². The van der Waals surface area contributed by atoms with Crippen LogP contribution in [-0.2, 0) is 19.1 Å². The lowest BCUT2D eigenvalue weighted by atomic mass is 9.75. The molecule has 0 aromatic heterocycles. The number of esters is 1. The summed E-state index contributed by atoms with van der Waals surface area (Å²) in [4.78, 5) is 37.1. The van der Waals surface area contributed by atoms with Crippen LogP contribution < -0.4 is 15.4 Å². The Labute approximate surface area is 183 Å². The number of hydrogen-bond acceptors (Lipinski definition) is 7. The Bertz CT molecular complexity index is 762. The molecule has 0 spiro atoms. The molecule has 0 saturated heterocycles. The van der Waals surface area contributed by atoms with Crippen molar-refractivity contribution in [1.29, 1.82) is 0 Å². The maximum atomic E-state index is 12.6. The first-order valence-corrected chi connectivity index (χ1v) is 10.2. The van der Waals surface area contributed by atoms with Gasteiger partial charge in [-0.15, -0.1) is 0 Å². The van der Waals surface area contributed by atoms with Gasteiger partial charge in [0.15, 0.2) is 0 Å². The molecule has 9 nitrogen and oxygen atoms in total. The summed E-state index contributed by atoms with van der Waals surface area (Å²) >= 11 is 0. The number of carbonyl (C=O) groups excluding carboxylic acids is 3. The Morgan fingerprint density at radius 2 is 1.77 bits per heavy atom. The number of methoxy groups -OCH3 is 1. The number of benzene rings is 1. The lowest BCUT2D eigenvalue weighted by Crippen LogP contribution is -2.48. The monoisotopic (exact) mass is 436 g/mol. The van der Waals surface area contributed by atoms with E-state index < -0.39 is 42.5 Å². The fourth-order valence-corrected chi connectivity index (χ4v) is 2.87. The van der Waals surface area contributed by atoms with Crippen LogP contribution in [0.25, 0.3) is 0 Å². The van der Waals surface area contributed by atoms with E-state index in [1.807, 2.05) is 13.8 Å². The van der Waals surface area contributed by atoms with Crippen molar-refractivity contribution in [2.24, 2.45) is 5.92 Å². The molecule has 0 aliphatic rings. The lowest BCUT2D eigenvalue weighted by Gasteiger charge is -2.24. The second-order valence-electron chi connectivity index (χ2n) is 8.73. The van der Waals surface area contributed by atoms with E-state index in [1.54, 1.807) is 45.0 Å². The van der Waals surface area contributed by atoms with Gasteiger partial charge in [-0.1, -0.05) is 26.0 Å². The zero-order valence-corrected chi connectivity index (χ0v) is 19.0. The van der Waals surface area contributed by atoms with Gasteiger partial charge in [0.05, 0.1) is 25.5 Å². The molecule has 0 bridgehead atoms. The standard InChI is InChI=1S/C21H33BN2O7/c1-13(2)10-17(22(28)29)24-18(25)12-16(14-8-7-9-15(11-14)30-6)23-19(26)20(27)31-21(3,4)5/h7-9,11,13,16-17,28-29H,10,12H2,1-6H3,(H,23,26)(H,24,25)/t16?,17-/m0/s1. The van der Waals surface area contributed by atoms with Crippen molar-refractivity contribution in [1.82, 2.24) is 10.6 Å². The summed E-state index contributed by atoms with van der Waals surface area (Å²) in [6.45, 7) is 8.70. The van der Waals surface area contributed by atoms with Crippen LogP contribution in [0.5, 0.6) is 5.75 Å². The van der Waals surface area contributed by atoms with E-state index in [1.165, 1.54) is 7.11 Å². The summed E-state index contributed by atoms with van der Waals surface area (Å²) in [5.74, 6) is -2.80. The van der Waals surface area contributed by atoms with Crippen molar-refractivity contribution in [2.45, 2.75) is 65.0 Å². The zero-order chi connectivity index (χ0) is 23.8. The molecular weight excluding hydrogens is 403 g/mol. The minimum absolute atomic E-state index is 0.119. The molecule has 0 fully saturated rings. The van der Waals surface area contributed by atoms with Gasteiger partial charge in [-0.3, -0.25) is 9.59 Å². The number of ether oxygens (including phenoxy) is 2. The summed E-state index contributed by atoms with van der Waals surface area (Å²) in [6, 6.07) is 5.85. The van der Waals surface area contributed by atoms with Gasteiger partial charge in [0, 0.05) is 0 Å². The minimum Gasteiger partial charge on any atom is -0.497 e. The maximum absolute atomic E-state index is 12.6. The average molecular weight is 436 g/mol. The number of carbonyl (C=O) groups is 3. The molecule has 1 rings (SSSR count). The fraction of sp³-hybridized carbons (Fsp3) is 0.571. The van der Waals surface area contributed by atoms with E-state index in [2.05, 4.69) is 10.6 Å². The van der Waals surface area contributed by atoms with E-state index >= 15 is 0 Å². The van der Waals surface area contributed by atoms with Crippen molar-refractivity contribution in [2.75, 3.05) is 7.11 Å². The van der Waals surface area contributed by atoms with Gasteiger partial charge in [0.25, 0.3) is 0 Å². The van der Waals surface area contributed by atoms with Gasteiger partial charge in [-0.2, -0.15) is 0 Å². The minimum atomic E-state index is -1.72. The Morgan fingerprint density at radius 3 is 2.29 bits per heavy atom. The summed E-state index contributed by atoms with van der Waals surface area (Å²) in [6.07, 6.45) is 0.126. The van der Waals surface area contributed by atoms with Crippen molar-refractivity contribution in [3.8, 4) is 5.75 Å². The van der Waals surface area contributed by atoms with Gasteiger partial charge in [-0.25, -0.2) is 4.79 Å². The molecule has 0 aliphatic heterocycles. The number of hydrogen-bond donors (Lipinski definition) is 4. The molecule has 2 atom stereocenters. The molecule has 1 aromatic rings. The van der Waals surface area contributed by atoms with Crippen LogP contribution in [0.15, 0.2) is 24.3 Å². The van der Waals surface area contributed by atoms with Gasteiger partial charge in [0.2, 0.25) is 5.91 Å². The third-order valence-electron chi connectivity index (χ3n) is 4.21. The molecule has 0 aliphatic carbocycles. The number of amides is 2. The predicted molar refractivity (Wildman–Crippen MR) is 116 cm³/mol. The molecule has 172 valence electrons. The van der Waals surface area contributed by atoms with Crippen molar-refractivity contribution in [3.05, 3.63) is 29.8 Å². The summed E-state index contributed by atoms with van der Waals surface area (Å²) in [5.41, 5.74) is -0.310. The van der Waals surface area contributed by atoms with Crippen molar-refractivity contribution < 1.29 is 33.9 Å². The normalized spacial score (nSPS) is 13.2. The summed E-state index contributed by atoms with van der Waals surface area (Å²) in [7, 11) is -0.239. The van der Waals surface area contributed by atoms with Gasteiger partial charge < -0.3 is 30.2 Å². The van der Waals surface area contributed by atoms with Crippen LogP contribution >= 0.6 is 0 Å². The van der Waals surface area contributed by atoms with Crippen LogP contribution in [0.4, 0.5) is 0 Å². The predicted octanol–water partition coefficient (Wildman–Crippen LogP) is 1.13. The SMILES string of the molecule is COc1cccc(C(CC(=O)N[C@@H](CC(C)C)B(O)O)NC(=O)C(=O)OC(C)(C)C)c1. The van der Waals surface area contributed by atoms with Crippen molar-refractivity contribution in [3.63, 3.8) is 0 Å². The number of rotatable bonds is 9. The first-order valence-electron chi connectivity index (χ1n) is 10.2. The topological polar surface area (TPSA) is 134 Å². The Hall–Kier alpha value is -2.59. The molecular formula is C21H33BN2O7. The highest BCUT2D eigenvalue weighted by atomic mass is 16.6. The number of nitrogens with one attached hydrogen (secondary N) is 2. The zero-order valence-electron chi connectivity index (χ0n) is 19.0. The molecule has 4 N–H and O–H groups in total. The van der Waals surface area contributed by atoms with E-state index in [0.29, 0.717) is 17.7 Å². The first-order chi connectivity index (χ1) is 14.3. The lowest BCUT2D eigenvalue weighted by molar-refractivity contribution is -0.163. The van der Waals surface area contributed by atoms with Crippen LogP contribution in [0.3, 0.4) is 0 Å². The van der Waals surface area contributed by atoms with Crippen LogP contribution in [-0.4, -0.2) is 53.6 Å². The van der Waals surface area contributed by atoms with Gasteiger partial charge in [-0.05, 0) is 50.8 Å². The molecule has 31 heavy (non-hydrogen) atoms. The molecule has 2 amide bonds. The Kier molecular flexibility index (Phi) is 9.99. The van der Waals surface area contributed by atoms with Crippen LogP contribution in [0.1, 0.15) is 59.1 Å². The van der Waals surface area contributed by atoms with E-state index in [4.69, 9.17) is 9.47 Å². The average Bonchev–Trinajstić information content (AvgIpc) is 2.65. The van der Waals surface area contributed by atoms with E-state index in [0.717, 1.165) is 0 Å². The Morgan fingerprint density at radius 1 is 1.13 bits per heavy atom. The largest absolute Gasteiger partial charge is 0.497 e. The van der Waals surface area contributed by atoms with Crippen LogP contribution in [0.2, 0.25) is 0 Å². The smallest absolute Gasteiger partial charge is 0.475 e. The highest BCUT2D eigenvalue weighted by molar-refractivity contribution is 6.43. The first kappa shape index (κ1) is 26.5. The second-order valence-corrected chi connectivity index (χ2v) is 8.73. The van der Waals surface area contributed by atoms with Crippen LogP contribution in [0, 0.1) is 5.92 Å². The maximum Gasteiger partial charge on any atom is 0.475 e. The highest BCUT2D eigenvalue weighted by Gasteiger charge is 2.30. The molecule has 0 saturated carbocycles. The summed E-state index contributed by atoms with van der Waals surface area (Å²) in [5, 5.41) is 24.2. The summed E-state index contributed by atoms with van der Waals surface area (Å²) < 4.78 is 10.3. The third kappa shape index (κ3) is 9.84. The van der Waals surface area contributed by atoms with Crippen molar-refractivity contribution >= 4 is 24.9 Å². The fourth-order valence-electron chi connectivity index (χ4n) is 2.87. The quantitative estimate of drug-likeness (QED) is 0.259.